The first-order chi connectivity index (χ1) is 11.5. The number of hydrogen-bond acceptors (Lipinski definition) is 5. The first-order valence-corrected chi connectivity index (χ1v) is 7.69. The summed E-state index contributed by atoms with van der Waals surface area (Å²) in [7, 11) is 1.73. The minimum atomic E-state index is -0.195. The van der Waals surface area contributed by atoms with Gasteiger partial charge < -0.3 is 19.5 Å². The second-order valence-electron chi connectivity index (χ2n) is 5.81. The molecule has 24 heavy (non-hydrogen) atoms. The number of anilines is 1. The van der Waals surface area contributed by atoms with Crippen LogP contribution in [-0.4, -0.2) is 42.1 Å². The zero-order chi connectivity index (χ0) is 17.3. The van der Waals surface area contributed by atoms with Crippen LogP contribution in [0.5, 0.6) is 5.75 Å². The van der Waals surface area contributed by atoms with Crippen LogP contribution in [0.1, 0.15) is 27.4 Å². The van der Waals surface area contributed by atoms with E-state index < -0.39 is 0 Å². The highest BCUT2D eigenvalue weighted by Gasteiger charge is 2.21. The second-order valence-corrected chi connectivity index (χ2v) is 5.81. The van der Waals surface area contributed by atoms with E-state index in [9.17, 15) is 9.59 Å². The number of aromatic nitrogens is 1. The van der Waals surface area contributed by atoms with Gasteiger partial charge in [0.15, 0.2) is 0 Å². The van der Waals surface area contributed by atoms with Crippen molar-refractivity contribution in [3.63, 3.8) is 0 Å². The molecule has 2 aromatic rings. The molecule has 3 rings (SSSR count). The number of aryl methyl sites for hydroxylation is 2. The van der Waals surface area contributed by atoms with Gasteiger partial charge in [-0.05, 0) is 32.0 Å². The summed E-state index contributed by atoms with van der Waals surface area (Å²) in [6.07, 6.45) is 0.169. The van der Waals surface area contributed by atoms with Gasteiger partial charge >= 0.3 is 0 Å². The van der Waals surface area contributed by atoms with E-state index in [0.717, 1.165) is 5.56 Å². The Labute approximate surface area is 139 Å². The zero-order valence-corrected chi connectivity index (χ0v) is 13.9. The maximum atomic E-state index is 12.3. The van der Waals surface area contributed by atoms with Crippen molar-refractivity contribution >= 4 is 17.5 Å². The predicted octanol–water partition coefficient (Wildman–Crippen LogP) is 1.94. The highest BCUT2D eigenvalue weighted by Crippen LogP contribution is 2.26. The van der Waals surface area contributed by atoms with Crippen LogP contribution in [-0.2, 0) is 11.2 Å². The van der Waals surface area contributed by atoms with Crippen LogP contribution in [0.3, 0.4) is 0 Å². The van der Waals surface area contributed by atoms with Crippen molar-refractivity contribution < 1.29 is 18.8 Å². The molecule has 1 aliphatic heterocycles. The number of nitrogens with one attached hydrogen (secondary N) is 1. The van der Waals surface area contributed by atoms with Crippen LogP contribution in [0, 0.1) is 13.8 Å². The molecular weight excluding hydrogens is 310 g/mol. The summed E-state index contributed by atoms with van der Waals surface area (Å²) in [6, 6.07) is 5.07. The number of carbonyl (C=O) groups is 2. The average molecular weight is 329 g/mol. The first-order valence-electron chi connectivity index (χ1n) is 7.69. The summed E-state index contributed by atoms with van der Waals surface area (Å²) in [5.41, 5.74) is 2.49. The molecule has 1 aromatic heterocycles. The highest BCUT2D eigenvalue weighted by molar-refractivity contribution is 6.00. The van der Waals surface area contributed by atoms with Gasteiger partial charge in [0.1, 0.15) is 18.1 Å². The molecule has 0 bridgehead atoms. The number of rotatable bonds is 3. The maximum Gasteiger partial charge on any atom is 0.257 e. The molecule has 7 nitrogen and oxygen atoms in total. The van der Waals surface area contributed by atoms with Crippen LogP contribution in [0.25, 0.3) is 0 Å². The Morgan fingerprint density at radius 2 is 2.17 bits per heavy atom. The Hall–Kier alpha value is -2.83. The van der Waals surface area contributed by atoms with Gasteiger partial charge in [-0.15, -0.1) is 0 Å². The van der Waals surface area contributed by atoms with Crippen LogP contribution in [0.2, 0.25) is 0 Å². The molecule has 126 valence electrons. The van der Waals surface area contributed by atoms with Gasteiger partial charge in [0, 0.05) is 18.3 Å². The summed E-state index contributed by atoms with van der Waals surface area (Å²) < 4.78 is 10.6. The van der Waals surface area contributed by atoms with Crippen molar-refractivity contribution in [3.05, 3.63) is 40.8 Å². The topological polar surface area (TPSA) is 84.7 Å². The number of carbonyl (C=O) groups excluding carboxylic acids is 2. The average Bonchev–Trinajstić information content (AvgIpc) is 2.78. The maximum absolute atomic E-state index is 12.3. The fourth-order valence-corrected chi connectivity index (χ4v) is 2.62. The lowest BCUT2D eigenvalue weighted by molar-refractivity contribution is -0.115. The van der Waals surface area contributed by atoms with Crippen LogP contribution in [0.15, 0.2) is 22.7 Å². The predicted molar refractivity (Wildman–Crippen MR) is 87.2 cm³/mol. The standard InChI is InChI=1S/C17H19N3O4/c1-10-13(11(2)24-19-10)9-16(21)18-12-4-5-15-14(8-12)17(22)20(3)6-7-23-15/h4-5,8H,6-7,9H2,1-3H3,(H,18,21). The molecule has 0 unspecified atom stereocenters. The molecule has 2 heterocycles. The van der Waals surface area contributed by atoms with Crippen LogP contribution >= 0.6 is 0 Å². The fraction of sp³-hybridized carbons (Fsp3) is 0.353. The summed E-state index contributed by atoms with van der Waals surface area (Å²) in [4.78, 5) is 26.2. The van der Waals surface area contributed by atoms with E-state index in [1.165, 1.54) is 0 Å². The van der Waals surface area contributed by atoms with Crippen molar-refractivity contribution in [2.45, 2.75) is 20.3 Å². The Morgan fingerprint density at radius 1 is 1.38 bits per heavy atom. The van der Waals surface area contributed by atoms with E-state index in [2.05, 4.69) is 10.5 Å². The van der Waals surface area contributed by atoms with Crippen molar-refractivity contribution in [3.8, 4) is 5.75 Å². The smallest absolute Gasteiger partial charge is 0.257 e. The summed E-state index contributed by atoms with van der Waals surface area (Å²) >= 11 is 0. The Morgan fingerprint density at radius 3 is 2.88 bits per heavy atom. The minimum absolute atomic E-state index is 0.121. The normalized spacial score (nSPS) is 14.0. The number of ether oxygens (including phenoxy) is 1. The minimum Gasteiger partial charge on any atom is -0.491 e. The van der Waals surface area contributed by atoms with E-state index in [1.54, 1.807) is 44.0 Å². The van der Waals surface area contributed by atoms with E-state index in [4.69, 9.17) is 9.26 Å². The Bertz CT molecular complexity index is 778. The third-order valence-electron chi connectivity index (χ3n) is 4.04. The third-order valence-corrected chi connectivity index (χ3v) is 4.04. The lowest BCUT2D eigenvalue weighted by atomic mass is 10.1. The fourth-order valence-electron chi connectivity index (χ4n) is 2.62. The molecule has 7 heteroatoms. The van der Waals surface area contributed by atoms with E-state index in [-0.39, 0.29) is 18.2 Å². The van der Waals surface area contributed by atoms with Crippen molar-refractivity contribution in [2.24, 2.45) is 0 Å². The summed E-state index contributed by atoms with van der Waals surface area (Å²) in [5.74, 6) is 0.854. The number of fused-ring (bicyclic) bond motifs is 1. The van der Waals surface area contributed by atoms with E-state index in [1.807, 2.05) is 0 Å². The molecule has 1 aliphatic rings. The van der Waals surface area contributed by atoms with E-state index >= 15 is 0 Å². The van der Waals surface area contributed by atoms with Gasteiger partial charge in [0.25, 0.3) is 5.91 Å². The quantitative estimate of drug-likeness (QED) is 0.930. The third kappa shape index (κ3) is 3.10. The number of benzene rings is 1. The zero-order valence-electron chi connectivity index (χ0n) is 13.9. The van der Waals surface area contributed by atoms with Gasteiger partial charge in [-0.1, -0.05) is 5.16 Å². The molecule has 0 radical (unpaired) electrons. The van der Waals surface area contributed by atoms with Crippen molar-refractivity contribution in [2.75, 3.05) is 25.5 Å². The Balaban J connectivity index is 1.77. The molecule has 0 aliphatic carbocycles. The van der Waals surface area contributed by atoms with Crippen molar-refractivity contribution in [1.82, 2.24) is 10.1 Å². The number of amides is 2. The first kappa shape index (κ1) is 16.0. The largest absolute Gasteiger partial charge is 0.491 e. The number of hydrogen-bond donors (Lipinski definition) is 1. The number of nitrogens with zero attached hydrogens (tertiary/aromatic N) is 2. The van der Waals surface area contributed by atoms with Gasteiger partial charge in [0.05, 0.1) is 24.2 Å². The van der Waals surface area contributed by atoms with Crippen molar-refractivity contribution in [1.29, 1.82) is 0 Å². The SMILES string of the molecule is Cc1noc(C)c1CC(=O)Nc1ccc2c(c1)C(=O)N(C)CCO2. The molecule has 0 saturated heterocycles. The lowest BCUT2D eigenvalue weighted by Crippen LogP contribution is -2.27. The molecule has 1 N–H and O–H groups in total. The highest BCUT2D eigenvalue weighted by atomic mass is 16.5. The van der Waals surface area contributed by atoms with E-state index in [0.29, 0.717) is 41.6 Å². The second kappa shape index (κ2) is 6.35. The van der Waals surface area contributed by atoms with Gasteiger partial charge in [0.2, 0.25) is 5.91 Å². The van der Waals surface area contributed by atoms with Gasteiger partial charge in [-0.25, -0.2) is 0 Å². The Kier molecular flexibility index (Phi) is 4.24. The molecule has 1 aromatic carbocycles. The van der Waals surface area contributed by atoms with Gasteiger partial charge in [-0.2, -0.15) is 0 Å². The van der Waals surface area contributed by atoms with Crippen LogP contribution < -0.4 is 10.1 Å². The monoisotopic (exact) mass is 329 g/mol. The van der Waals surface area contributed by atoms with Gasteiger partial charge in [-0.3, -0.25) is 9.59 Å². The lowest BCUT2D eigenvalue weighted by Gasteiger charge is -2.13. The van der Waals surface area contributed by atoms with Crippen LogP contribution in [0.4, 0.5) is 5.69 Å². The molecule has 0 saturated carbocycles. The summed E-state index contributed by atoms with van der Waals surface area (Å²) in [6.45, 7) is 4.55. The molecule has 2 amide bonds. The molecule has 0 atom stereocenters. The number of likely N-dealkylation sites (N-methyl/N-ethyl adjacent to an activating group) is 1. The molecule has 0 spiro atoms. The summed E-state index contributed by atoms with van der Waals surface area (Å²) in [5, 5.41) is 6.65. The molecular formula is C17H19N3O4. The molecule has 0 fully saturated rings.